The molecule has 17 heavy (non-hydrogen) atoms. The van der Waals surface area contributed by atoms with Crippen molar-refractivity contribution in [2.45, 2.75) is 26.8 Å². The fourth-order valence-corrected chi connectivity index (χ4v) is 2.42. The number of hydrogen-bond acceptors (Lipinski definition) is 2. The van der Waals surface area contributed by atoms with E-state index < -0.39 is 0 Å². The molecule has 1 nitrogen and oxygen atoms in total. The maximum absolute atomic E-state index is 5.20. The second-order valence-electron chi connectivity index (χ2n) is 4.29. The van der Waals surface area contributed by atoms with Gasteiger partial charge in [0.1, 0.15) is 0 Å². The Labute approximate surface area is 109 Å². The average Bonchev–Trinajstić information content (AvgIpc) is 2.28. The molecule has 0 aliphatic carbocycles. The van der Waals surface area contributed by atoms with Gasteiger partial charge in [0.15, 0.2) is 0 Å². The lowest BCUT2D eigenvalue weighted by Crippen LogP contribution is -2.22. The Morgan fingerprint density at radius 1 is 1.41 bits per heavy atom. The number of rotatable bonds is 6. The topological polar surface area (TPSA) is 12.0 Å². The van der Waals surface area contributed by atoms with Crippen LogP contribution in [0.3, 0.4) is 0 Å². The van der Waals surface area contributed by atoms with Crippen LogP contribution in [0.15, 0.2) is 18.2 Å². The van der Waals surface area contributed by atoms with Gasteiger partial charge in [-0.1, -0.05) is 29.7 Å². The van der Waals surface area contributed by atoms with Crippen LogP contribution in [0.25, 0.3) is 0 Å². The number of thioether (sulfide) groups is 1. The largest absolute Gasteiger partial charge is 0.309 e. The van der Waals surface area contributed by atoms with Gasteiger partial charge in [-0.05, 0) is 31.9 Å². The Morgan fingerprint density at radius 3 is 2.82 bits per heavy atom. The molecular weight excluding hydrogens is 226 g/mol. The third-order valence-electron chi connectivity index (χ3n) is 2.77. The van der Waals surface area contributed by atoms with E-state index in [1.165, 1.54) is 16.7 Å². The average molecular weight is 247 g/mol. The van der Waals surface area contributed by atoms with Gasteiger partial charge in [-0.25, -0.2) is 0 Å². The first-order valence-corrected chi connectivity index (χ1v) is 7.12. The van der Waals surface area contributed by atoms with Crippen molar-refractivity contribution in [3.8, 4) is 12.3 Å². The van der Waals surface area contributed by atoms with Crippen LogP contribution in [0, 0.1) is 26.2 Å². The van der Waals surface area contributed by atoms with Crippen LogP contribution in [0.5, 0.6) is 0 Å². The highest BCUT2D eigenvalue weighted by Crippen LogP contribution is 2.18. The molecule has 0 aliphatic heterocycles. The molecule has 0 fully saturated rings. The lowest BCUT2D eigenvalue weighted by atomic mass is 10.0. The zero-order valence-corrected chi connectivity index (χ0v) is 11.7. The molecule has 0 amide bonds. The van der Waals surface area contributed by atoms with E-state index in [1.54, 1.807) is 11.8 Å². The Kier molecular flexibility index (Phi) is 6.18. The molecule has 0 radical (unpaired) electrons. The fourth-order valence-electron chi connectivity index (χ4n) is 1.90. The van der Waals surface area contributed by atoms with Crippen molar-refractivity contribution in [3.63, 3.8) is 0 Å². The maximum atomic E-state index is 5.20. The predicted octanol–water partition coefficient (Wildman–Crippen LogP) is 3.32. The Balaban J connectivity index is 2.42. The molecule has 0 bridgehead atoms. The molecule has 0 aromatic heterocycles. The highest BCUT2D eigenvalue weighted by molar-refractivity contribution is 7.99. The molecule has 92 valence electrons. The summed E-state index contributed by atoms with van der Waals surface area (Å²) < 4.78 is 0. The molecule has 1 aromatic rings. The smallest absolute Gasteiger partial charge is 0.0545 e. The minimum atomic E-state index is 0.405. The Bertz CT molecular complexity index is 392. The number of hydrogen-bond donors (Lipinski definition) is 1. The van der Waals surface area contributed by atoms with Crippen molar-refractivity contribution < 1.29 is 0 Å². The molecule has 0 aliphatic rings. The molecule has 0 saturated carbocycles. The van der Waals surface area contributed by atoms with Crippen LogP contribution in [0.4, 0.5) is 0 Å². The number of benzene rings is 1. The van der Waals surface area contributed by atoms with E-state index in [9.17, 15) is 0 Å². The van der Waals surface area contributed by atoms with Gasteiger partial charge in [0.2, 0.25) is 0 Å². The number of aryl methyl sites for hydroxylation is 2. The summed E-state index contributed by atoms with van der Waals surface area (Å²) in [5.41, 5.74) is 4.07. The summed E-state index contributed by atoms with van der Waals surface area (Å²) in [5.74, 6) is 4.51. The van der Waals surface area contributed by atoms with E-state index in [0.29, 0.717) is 6.04 Å². The van der Waals surface area contributed by atoms with Crippen LogP contribution >= 0.6 is 11.8 Å². The first-order chi connectivity index (χ1) is 8.15. The summed E-state index contributed by atoms with van der Waals surface area (Å²) in [6, 6.07) is 7.03. The molecule has 0 heterocycles. The van der Waals surface area contributed by atoms with Crippen LogP contribution < -0.4 is 5.32 Å². The molecule has 0 saturated heterocycles. The molecule has 1 rings (SSSR count). The van der Waals surface area contributed by atoms with E-state index in [2.05, 4.69) is 50.2 Å². The molecule has 1 aromatic carbocycles. The van der Waals surface area contributed by atoms with Crippen molar-refractivity contribution in [2.24, 2.45) is 0 Å². The van der Waals surface area contributed by atoms with E-state index in [4.69, 9.17) is 6.42 Å². The zero-order chi connectivity index (χ0) is 12.7. The van der Waals surface area contributed by atoms with Gasteiger partial charge in [0, 0.05) is 18.3 Å². The van der Waals surface area contributed by atoms with Crippen molar-refractivity contribution in [3.05, 3.63) is 34.9 Å². The van der Waals surface area contributed by atoms with Crippen LogP contribution in [-0.2, 0) is 0 Å². The zero-order valence-electron chi connectivity index (χ0n) is 10.9. The summed E-state index contributed by atoms with van der Waals surface area (Å²) in [7, 11) is 0. The molecule has 1 N–H and O–H groups in total. The van der Waals surface area contributed by atoms with Gasteiger partial charge in [0.05, 0.1) is 5.75 Å². The monoisotopic (exact) mass is 247 g/mol. The van der Waals surface area contributed by atoms with Crippen LogP contribution in [0.2, 0.25) is 0 Å². The highest BCUT2D eigenvalue weighted by Gasteiger charge is 2.07. The second-order valence-corrected chi connectivity index (χ2v) is 5.40. The van der Waals surface area contributed by atoms with Gasteiger partial charge >= 0.3 is 0 Å². The molecule has 0 spiro atoms. The van der Waals surface area contributed by atoms with Gasteiger partial charge in [0.25, 0.3) is 0 Å². The maximum Gasteiger partial charge on any atom is 0.0545 e. The van der Waals surface area contributed by atoms with Crippen LogP contribution in [-0.4, -0.2) is 18.1 Å². The molecule has 1 unspecified atom stereocenters. The van der Waals surface area contributed by atoms with Crippen LogP contribution in [0.1, 0.15) is 29.7 Å². The molecular formula is C15H21NS. The summed E-state index contributed by atoms with van der Waals surface area (Å²) >= 11 is 1.80. The normalized spacial score (nSPS) is 12.1. The minimum Gasteiger partial charge on any atom is -0.309 e. The lowest BCUT2D eigenvalue weighted by molar-refractivity contribution is 0.598. The second kappa shape index (κ2) is 7.42. The SMILES string of the molecule is C#CCSCCNC(C)c1ccc(C)cc1C. The van der Waals surface area contributed by atoms with Crippen molar-refractivity contribution in [1.29, 1.82) is 0 Å². The highest BCUT2D eigenvalue weighted by atomic mass is 32.2. The fraction of sp³-hybridized carbons (Fsp3) is 0.467. The Hall–Kier alpha value is -0.910. The van der Waals surface area contributed by atoms with Gasteiger partial charge in [-0.3, -0.25) is 0 Å². The van der Waals surface area contributed by atoms with E-state index in [1.807, 2.05) is 0 Å². The predicted molar refractivity (Wildman–Crippen MR) is 78.5 cm³/mol. The summed E-state index contributed by atoms with van der Waals surface area (Å²) in [4.78, 5) is 0. The Morgan fingerprint density at radius 2 is 2.18 bits per heavy atom. The summed E-state index contributed by atoms with van der Waals surface area (Å²) in [6.07, 6.45) is 5.20. The van der Waals surface area contributed by atoms with Crippen molar-refractivity contribution in [1.82, 2.24) is 5.32 Å². The third-order valence-corrected chi connectivity index (χ3v) is 3.64. The van der Waals surface area contributed by atoms with E-state index >= 15 is 0 Å². The molecule has 1 atom stereocenters. The van der Waals surface area contributed by atoms with Gasteiger partial charge in [-0.15, -0.1) is 18.2 Å². The molecule has 2 heteroatoms. The first kappa shape index (κ1) is 14.2. The van der Waals surface area contributed by atoms with Crippen molar-refractivity contribution in [2.75, 3.05) is 18.1 Å². The summed E-state index contributed by atoms with van der Waals surface area (Å²) in [6.45, 7) is 7.52. The van der Waals surface area contributed by atoms with Gasteiger partial charge < -0.3 is 5.32 Å². The first-order valence-electron chi connectivity index (χ1n) is 5.97. The van der Waals surface area contributed by atoms with Crippen molar-refractivity contribution >= 4 is 11.8 Å². The van der Waals surface area contributed by atoms with E-state index in [-0.39, 0.29) is 0 Å². The minimum absolute atomic E-state index is 0.405. The lowest BCUT2D eigenvalue weighted by Gasteiger charge is -2.16. The third kappa shape index (κ3) is 4.85. The quantitative estimate of drug-likeness (QED) is 0.611. The van der Waals surface area contributed by atoms with E-state index in [0.717, 1.165) is 18.1 Å². The number of terminal acetylenes is 1. The standard InChI is InChI=1S/C15H21NS/c1-5-9-17-10-8-16-14(4)15-7-6-12(2)11-13(15)3/h1,6-7,11,14,16H,8-10H2,2-4H3. The number of nitrogens with one attached hydrogen (secondary N) is 1. The summed E-state index contributed by atoms with van der Waals surface area (Å²) in [5, 5.41) is 3.53. The van der Waals surface area contributed by atoms with Gasteiger partial charge in [-0.2, -0.15) is 0 Å².